The highest BCUT2D eigenvalue weighted by atomic mass is 14.7. The van der Waals surface area contributed by atoms with Crippen LogP contribution < -0.4 is 5.73 Å². The van der Waals surface area contributed by atoms with Crippen molar-refractivity contribution in [2.45, 2.75) is 32.1 Å². The molecular formula is C14H16N2. The molecule has 0 radical (unpaired) electrons. The van der Waals surface area contributed by atoms with Gasteiger partial charge < -0.3 is 5.73 Å². The summed E-state index contributed by atoms with van der Waals surface area (Å²) in [5, 5.41) is 1.17. The van der Waals surface area contributed by atoms with Crippen LogP contribution in [0.1, 0.15) is 36.9 Å². The van der Waals surface area contributed by atoms with Gasteiger partial charge in [-0.25, -0.2) is 0 Å². The maximum Gasteiger partial charge on any atom is 0.0934 e. The molecule has 1 aliphatic rings. The van der Waals surface area contributed by atoms with Crippen molar-refractivity contribution in [3.63, 3.8) is 0 Å². The quantitative estimate of drug-likeness (QED) is 0.681. The Labute approximate surface area is 95.5 Å². The van der Waals surface area contributed by atoms with Gasteiger partial charge in [-0.3, -0.25) is 4.98 Å². The van der Waals surface area contributed by atoms with Gasteiger partial charge in [0.05, 0.1) is 11.2 Å². The number of anilines is 1. The maximum absolute atomic E-state index is 5.96. The molecule has 2 heteroatoms. The third-order valence-corrected chi connectivity index (χ3v) is 3.57. The number of rotatable bonds is 0. The molecule has 1 aromatic carbocycles. The lowest BCUT2D eigenvalue weighted by Gasteiger charge is -2.22. The Morgan fingerprint density at radius 1 is 1.38 bits per heavy atom. The van der Waals surface area contributed by atoms with E-state index in [-0.39, 0.29) is 0 Å². The number of hydrogen-bond donors (Lipinski definition) is 1. The fourth-order valence-electron chi connectivity index (χ4n) is 2.63. The lowest BCUT2D eigenvalue weighted by molar-refractivity contribution is 0.581. The second-order valence-electron chi connectivity index (χ2n) is 4.74. The second kappa shape index (κ2) is 3.48. The minimum absolute atomic E-state index is 0.641. The third-order valence-electron chi connectivity index (χ3n) is 3.57. The molecule has 1 unspecified atom stereocenters. The summed E-state index contributed by atoms with van der Waals surface area (Å²) in [6.45, 7) is 2.29. The van der Waals surface area contributed by atoms with E-state index >= 15 is 0 Å². The van der Waals surface area contributed by atoms with Gasteiger partial charge in [0.25, 0.3) is 0 Å². The van der Waals surface area contributed by atoms with Crippen molar-refractivity contribution >= 4 is 16.6 Å². The number of nitrogens with two attached hydrogens (primary N) is 1. The zero-order chi connectivity index (χ0) is 11.1. The first-order valence-electron chi connectivity index (χ1n) is 5.94. The number of pyridine rings is 1. The molecule has 1 aliphatic carbocycles. The summed E-state index contributed by atoms with van der Waals surface area (Å²) >= 11 is 0. The van der Waals surface area contributed by atoms with Gasteiger partial charge in [0, 0.05) is 11.1 Å². The van der Waals surface area contributed by atoms with Crippen molar-refractivity contribution < 1.29 is 0 Å². The summed E-state index contributed by atoms with van der Waals surface area (Å²) in [5.74, 6) is 0.641. The lowest BCUT2D eigenvalue weighted by Crippen LogP contribution is -2.09. The normalized spacial score (nSPS) is 19.7. The van der Waals surface area contributed by atoms with Crippen LogP contribution in [0, 0.1) is 0 Å². The van der Waals surface area contributed by atoms with E-state index in [0.717, 1.165) is 17.6 Å². The van der Waals surface area contributed by atoms with Gasteiger partial charge in [-0.1, -0.05) is 19.1 Å². The number of hydrogen-bond acceptors (Lipinski definition) is 2. The highest BCUT2D eigenvalue weighted by Crippen LogP contribution is 2.33. The van der Waals surface area contributed by atoms with E-state index in [1.807, 2.05) is 12.1 Å². The largest absolute Gasteiger partial charge is 0.397 e. The van der Waals surface area contributed by atoms with Crippen molar-refractivity contribution in [1.29, 1.82) is 0 Å². The summed E-state index contributed by atoms with van der Waals surface area (Å²) in [6, 6.07) is 8.30. The summed E-state index contributed by atoms with van der Waals surface area (Å²) < 4.78 is 0. The highest BCUT2D eigenvalue weighted by Gasteiger charge is 2.18. The molecule has 1 atom stereocenters. The minimum Gasteiger partial charge on any atom is -0.397 e. The SMILES string of the molecule is CC1CCCc2nc3c(N)cccc3cc21. The Morgan fingerprint density at radius 2 is 2.25 bits per heavy atom. The van der Waals surface area contributed by atoms with Crippen molar-refractivity contribution in [2.24, 2.45) is 0 Å². The lowest BCUT2D eigenvalue weighted by atomic mass is 9.86. The first-order chi connectivity index (χ1) is 7.75. The Balaban J connectivity index is 2.30. The van der Waals surface area contributed by atoms with E-state index in [2.05, 4.69) is 19.1 Å². The summed E-state index contributed by atoms with van der Waals surface area (Å²) in [4.78, 5) is 4.74. The summed E-state index contributed by atoms with van der Waals surface area (Å²) in [6.07, 6.45) is 3.63. The molecule has 2 N–H and O–H groups in total. The molecule has 1 heterocycles. The standard InChI is InChI=1S/C14H16N2/c1-9-4-2-7-13-11(9)8-10-5-3-6-12(15)14(10)16-13/h3,5-6,8-9H,2,4,7,15H2,1H3. The van der Waals surface area contributed by atoms with Crippen molar-refractivity contribution in [1.82, 2.24) is 4.98 Å². The third kappa shape index (κ3) is 1.37. The van der Waals surface area contributed by atoms with Crippen LogP contribution in [-0.2, 0) is 6.42 Å². The molecule has 0 aliphatic heterocycles. The van der Waals surface area contributed by atoms with E-state index in [4.69, 9.17) is 10.7 Å². The molecule has 0 bridgehead atoms. The average Bonchev–Trinajstić information content (AvgIpc) is 2.29. The van der Waals surface area contributed by atoms with Gasteiger partial charge in [-0.15, -0.1) is 0 Å². The molecule has 16 heavy (non-hydrogen) atoms. The molecule has 0 amide bonds. The Bertz CT molecular complexity index is 546. The van der Waals surface area contributed by atoms with Crippen molar-refractivity contribution in [3.05, 3.63) is 35.5 Å². The topological polar surface area (TPSA) is 38.9 Å². The number of nitrogens with zero attached hydrogens (tertiary/aromatic N) is 1. The summed E-state index contributed by atoms with van der Waals surface area (Å²) in [7, 11) is 0. The minimum atomic E-state index is 0.641. The van der Waals surface area contributed by atoms with Gasteiger partial charge in [0.15, 0.2) is 0 Å². The predicted molar refractivity (Wildman–Crippen MR) is 67.5 cm³/mol. The van der Waals surface area contributed by atoms with Gasteiger partial charge in [-0.2, -0.15) is 0 Å². The van der Waals surface area contributed by atoms with E-state index < -0.39 is 0 Å². The molecule has 0 saturated heterocycles. The Morgan fingerprint density at radius 3 is 3.12 bits per heavy atom. The monoisotopic (exact) mass is 212 g/mol. The average molecular weight is 212 g/mol. The molecule has 82 valence electrons. The molecule has 2 nitrogen and oxygen atoms in total. The van der Waals surface area contributed by atoms with Crippen LogP contribution in [-0.4, -0.2) is 4.98 Å². The number of aromatic nitrogens is 1. The second-order valence-corrected chi connectivity index (χ2v) is 4.74. The van der Waals surface area contributed by atoms with Crippen LogP contribution in [0.25, 0.3) is 10.9 Å². The molecule has 2 aromatic rings. The van der Waals surface area contributed by atoms with Crippen LogP contribution in [0.15, 0.2) is 24.3 Å². The first kappa shape index (κ1) is 9.64. The molecule has 0 fully saturated rings. The maximum atomic E-state index is 5.96. The van der Waals surface area contributed by atoms with Crippen LogP contribution in [0.2, 0.25) is 0 Å². The number of para-hydroxylation sites is 1. The smallest absolute Gasteiger partial charge is 0.0934 e. The van der Waals surface area contributed by atoms with Crippen LogP contribution >= 0.6 is 0 Å². The number of benzene rings is 1. The van der Waals surface area contributed by atoms with Crippen molar-refractivity contribution in [2.75, 3.05) is 5.73 Å². The molecule has 3 rings (SSSR count). The Kier molecular flexibility index (Phi) is 2.10. The number of aryl methyl sites for hydroxylation is 1. The molecular weight excluding hydrogens is 196 g/mol. The zero-order valence-corrected chi connectivity index (χ0v) is 9.53. The van der Waals surface area contributed by atoms with Crippen LogP contribution in [0.5, 0.6) is 0 Å². The fourth-order valence-corrected chi connectivity index (χ4v) is 2.63. The van der Waals surface area contributed by atoms with Gasteiger partial charge >= 0.3 is 0 Å². The van der Waals surface area contributed by atoms with E-state index in [0.29, 0.717) is 5.92 Å². The molecule has 1 aromatic heterocycles. The van der Waals surface area contributed by atoms with E-state index in [1.165, 1.54) is 29.5 Å². The van der Waals surface area contributed by atoms with E-state index in [9.17, 15) is 0 Å². The molecule has 0 spiro atoms. The fraction of sp³-hybridized carbons (Fsp3) is 0.357. The van der Waals surface area contributed by atoms with Gasteiger partial charge in [-0.05, 0) is 42.9 Å². The highest BCUT2D eigenvalue weighted by molar-refractivity contribution is 5.89. The zero-order valence-electron chi connectivity index (χ0n) is 9.53. The van der Waals surface area contributed by atoms with Gasteiger partial charge in [0.1, 0.15) is 0 Å². The summed E-state index contributed by atoms with van der Waals surface area (Å²) in [5.41, 5.74) is 10.4. The number of nitrogen functional groups attached to an aromatic ring is 1. The van der Waals surface area contributed by atoms with Crippen molar-refractivity contribution in [3.8, 4) is 0 Å². The Hall–Kier alpha value is -1.57. The van der Waals surface area contributed by atoms with Gasteiger partial charge in [0.2, 0.25) is 0 Å². The van der Waals surface area contributed by atoms with Crippen LogP contribution in [0.4, 0.5) is 5.69 Å². The predicted octanol–water partition coefficient (Wildman–Crippen LogP) is 3.26. The molecule has 0 saturated carbocycles. The first-order valence-corrected chi connectivity index (χ1v) is 5.94. The number of fused-ring (bicyclic) bond motifs is 2. The van der Waals surface area contributed by atoms with Crippen LogP contribution in [0.3, 0.4) is 0 Å². The van der Waals surface area contributed by atoms with E-state index in [1.54, 1.807) is 0 Å².